The summed E-state index contributed by atoms with van der Waals surface area (Å²) in [4.78, 5) is 56.8. The molecule has 16 heteroatoms. The number of carbonyl (C=O) groups is 5. The molecule has 4 aromatic carbocycles. The van der Waals surface area contributed by atoms with Gasteiger partial charge in [0.15, 0.2) is 35.1 Å². The molecule has 1 N–H and O–H groups in total. The summed E-state index contributed by atoms with van der Waals surface area (Å²) in [6.45, 7) is 7.58. The quantitative estimate of drug-likeness (QED) is 0.0827. The minimum Gasteiger partial charge on any atom is -0.506 e. The number of aliphatic hydroxyl groups is 1. The molecule has 0 spiro atoms. The van der Waals surface area contributed by atoms with Gasteiger partial charge in [0.05, 0.1) is 11.4 Å². The Labute approximate surface area is 378 Å². The number of rotatable bonds is 9. The lowest BCUT2D eigenvalue weighted by Gasteiger charge is -2.13. The largest absolute Gasteiger partial charge is 0.506 e. The third kappa shape index (κ3) is 10.8. The molecule has 328 valence electrons. The minimum absolute atomic E-state index is 0.0564. The Kier molecular flexibility index (Phi) is 15.0. The summed E-state index contributed by atoms with van der Waals surface area (Å²) in [5, 5.41) is 21.1. The Morgan fingerprint density at radius 2 is 1.02 bits per heavy atom. The molecule has 0 saturated heterocycles. The zero-order valence-corrected chi connectivity index (χ0v) is 36.8. The van der Waals surface area contributed by atoms with Gasteiger partial charge in [-0.05, 0) is 49.2 Å². The van der Waals surface area contributed by atoms with E-state index >= 15 is 0 Å². The van der Waals surface area contributed by atoms with Gasteiger partial charge in [-0.25, -0.2) is 19.0 Å². The van der Waals surface area contributed by atoms with E-state index in [0.29, 0.717) is 45.4 Å². The van der Waals surface area contributed by atoms with E-state index in [2.05, 4.69) is 14.9 Å². The van der Waals surface area contributed by atoms with E-state index < -0.39 is 42.1 Å². The van der Waals surface area contributed by atoms with Crippen molar-refractivity contribution in [3.63, 3.8) is 0 Å². The molecule has 2 aliphatic rings. The van der Waals surface area contributed by atoms with Crippen LogP contribution in [-0.2, 0) is 55.8 Å². The Morgan fingerprint density at radius 1 is 0.609 bits per heavy atom. The number of carbonyl (C=O) groups excluding carboxylic acids is 5. The van der Waals surface area contributed by atoms with Crippen molar-refractivity contribution in [2.45, 2.75) is 59.7 Å². The van der Waals surface area contributed by atoms with Crippen LogP contribution in [0.3, 0.4) is 0 Å². The van der Waals surface area contributed by atoms with Gasteiger partial charge >= 0.3 is 29.8 Å². The standard InChI is InChI=1S/C23H19ClN2O4.C21H17ClN2O3.C4H6O3/c1-3-18-13-19(15-9-11-17(24)12-10-15)25-26(18)20-22(29-14(2)27)21(30-23(20)28)16-7-5-4-6-8-16;1-2-16-12-17(13-8-10-15(22)11-9-13)23-24(16)18-19(25)20(27-21(18)26)14-6-4-3-5-7-14;1-3(5)7-4(2)6/h4-13,21H,3H2,1-2H3;3-12,20,25H,2H2,1H3;1-2H3. The molecule has 6 aromatic rings. The molecule has 14 nitrogen and oxygen atoms in total. The van der Waals surface area contributed by atoms with Crippen molar-refractivity contribution < 1.29 is 48.0 Å². The third-order valence-electron chi connectivity index (χ3n) is 9.54. The highest BCUT2D eigenvalue weighted by molar-refractivity contribution is 6.31. The smallest absolute Gasteiger partial charge is 0.361 e. The van der Waals surface area contributed by atoms with Crippen LogP contribution in [0.4, 0.5) is 0 Å². The molecule has 0 amide bonds. The minimum atomic E-state index is -0.818. The van der Waals surface area contributed by atoms with Crippen LogP contribution < -0.4 is 0 Å². The third-order valence-corrected chi connectivity index (χ3v) is 10.0. The first kappa shape index (κ1) is 46.2. The highest BCUT2D eigenvalue weighted by Gasteiger charge is 2.41. The highest BCUT2D eigenvalue weighted by Crippen LogP contribution is 2.40. The van der Waals surface area contributed by atoms with Crippen LogP contribution in [0.15, 0.2) is 133 Å². The molecule has 2 unspecified atom stereocenters. The fraction of sp³-hybridized carbons (Fsp3) is 0.188. The monoisotopic (exact) mass is 904 g/mol. The van der Waals surface area contributed by atoms with Gasteiger partial charge in [-0.3, -0.25) is 14.4 Å². The van der Waals surface area contributed by atoms with E-state index in [4.69, 9.17) is 37.4 Å². The molecule has 2 aliphatic heterocycles. The Balaban J connectivity index is 0.000000186. The molecule has 2 aromatic heterocycles. The number of aliphatic hydroxyl groups excluding tert-OH is 1. The van der Waals surface area contributed by atoms with Crippen molar-refractivity contribution in [3.05, 3.63) is 165 Å². The maximum Gasteiger partial charge on any atom is 0.361 e. The highest BCUT2D eigenvalue weighted by atomic mass is 35.5. The molecule has 0 aliphatic carbocycles. The van der Waals surface area contributed by atoms with Crippen LogP contribution in [0.2, 0.25) is 10.0 Å². The Morgan fingerprint density at radius 3 is 1.42 bits per heavy atom. The molecule has 0 saturated carbocycles. The van der Waals surface area contributed by atoms with Crippen molar-refractivity contribution in [1.82, 2.24) is 19.6 Å². The van der Waals surface area contributed by atoms with E-state index in [9.17, 15) is 29.1 Å². The molecule has 0 radical (unpaired) electrons. The van der Waals surface area contributed by atoms with Gasteiger partial charge in [0.25, 0.3) is 0 Å². The molecule has 0 fully saturated rings. The van der Waals surface area contributed by atoms with E-state index in [1.54, 1.807) is 36.4 Å². The SMILES string of the molecule is CC(=O)OC(C)=O.CCc1cc(-c2ccc(Cl)cc2)nn1C1=C(O)C(c2ccccc2)OC1=O.CCc1cc(-c2ccc(Cl)cc2)nn1C1=C(OC(C)=O)C(c2ccccc2)OC1=O. The van der Waals surface area contributed by atoms with Crippen LogP contribution in [0, 0.1) is 0 Å². The summed E-state index contributed by atoms with van der Waals surface area (Å²) >= 11 is 11.9. The fourth-order valence-corrected chi connectivity index (χ4v) is 6.94. The molecular formula is C48H42Cl2N4O10. The van der Waals surface area contributed by atoms with Gasteiger partial charge in [-0.2, -0.15) is 10.2 Å². The number of cyclic esters (lactones) is 2. The van der Waals surface area contributed by atoms with Crippen molar-refractivity contribution >= 4 is 64.4 Å². The summed E-state index contributed by atoms with van der Waals surface area (Å²) in [7, 11) is 0. The second-order valence-corrected chi connectivity index (χ2v) is 15.0. The summed E-state index contributed by atoms with van der Waals surface area (Å²) in [5.74, 6) is -2.85. The number of ether oxygens (including phenoxy) is 4. The number of nitrogens with zero attached hydrogens (tertiary/aromatic N) is 4. The second-order valence-electron chi connectivity index (χ2n) is 14.1. The van der Waals surface area contributed by atoms with Crippen molar-refractivity contribution in [2.75, 3.05) is 0 Å². The number of hydrogen-bond donors (Lipinski definition) is 1. The van der Waals surface area contributed by atoms with E-state index in [1.807, 2.05) is 98.8 Å². The maximum absolute atomic E-state index is 12.9. The van der Waals surface area contributed by atoms with E-state index in [1.165, 1.54) is 30.1 Å². The van der Waals surface area contributed by atoms with Gasteiger partial charge in [0.2, 0.25) is 0 Å². The predicted octanol–water partition coefficient (Wildman–Crippen LogP) is 9.68. The summed E-state index contributed by atoms with van der Waals surface area (Å²) in [6.07, 6.45) is -0.381. The number of aromatic nitrogens is 4. The maximum atomic E-state index is 12.9. The van der Waals surface area contributed by atoms with Gasteiger partial charge < -0.3 is 24.1 Å². The van der Waals surface area contributed by atoms with Gasteiger partial charge in [-0.15, -0.1) is 0 Å². The first-order valence-electron chi connectivity index (χ1n) is 20.0. The van der Waals surface area contributed by atoms with Gasteiger partial charge in [-0.1, -0.05) is 122 Å². The number of aryl methyl sites for hydroxylation is 2. The topological polar surface area (TPSA) is 178 Å². The Bertz CT molecular complexity index is 2730. The van der Waals surface area contributed by atoms with Crippen LogP contribution in [0.25, 0.3) is 33.9 Å². The Hall–Kier alpha value is -7.29. The zero-order chi connectivity index (χ0) is 46.1. The predicted molar refractivity (Wildman–Crippen MR) is 238 cm³/mol. The molecule has 4 heterocycles. The lowest BCUT2D eigenvalue weighted by Crippen LogP contribution is -2.12. The second kappa shape index (κ2) is 20.7. The lowest BCUT2D eigenvalue weighted by atomic mass is 10.1. The van der Waals surface area contributed by atoms with Crippen molar-refractivity contribution in [2.24, 2.45) is 0 Å². The van der Waals surface area contributed by atoms with Crippen LogP contribution in [0.1, 0.15) is 69.3 Å². The van der Waals surface area contributed by atoms with Gasteiger partial charge in [0, 0.05) is 64.5 Å². The zero-order valence-electron chi connectivity index (χ0n) is 35.3. The molecule has 0 bridgehead atoms. The number of halogens is 2. The van der Waals surface area contributed by atoms with Crippen LogP contribution in [-0.4, -0.2) is 54.5 Å². The first-order chi connectivity index (χ1) is 30.7. The summed E-state index contributed by atoms with van der Waals surface area (Å²) in [5.41, 5.74) is 6.26. The first-order valence-corrected chi connectivity index (χ1v) is 20.7. The average molecular weight is 906 g/mol. The van der Waals surface area contributed by atoms with Crippen molar-refractivity contribution in [1.29, 1.82) is 0 Å². The molecule has 64 heavy (non-hydrogen) atoms. The fourth-order valence-electron chi connectivity index (χ4n) is 6.69. The number of hydrogen-bond acceptors (Lipinski definition) is 12. The molecule has 8 rings (SSSR count). The van der Waals surface area contributed by atoms with Crippen LogP contribution in [0.5, 0.6) is 0 Å². The number of benzene rings is 4. The van der Waals surface area contributed by atoms with Crippen molar-refractivity contribution in [3.8, 4) is 22.5 Å². The van der Waals surface area contributed by atoms with Crippen LogP contribution >= 0.6 is 23.2 Å². The molecular weight excluding hydrogens is 863 g/mol. The number of esters is 5. The van der Waals surface area contributed by atoms with E-state index in [-0.39, 0.29) is 22.9 Å². The van der Waals surface area contributed by atoms with Gasteiger partial charge in [0.1, 0.15) is 0 Å². The summed E-state index contributed by atoms with van der Waals surface area (Å²) in [6, 6.07) is 36.6. The summed E-state index contributed by atoms with van der Waals surface area (Å²) < 4.78 is 23.4. The normalized spacial score (nSPS) is 15.4. The average Bonchev–Trinajstić information content (AvgIpc) is 4.04. The lowest BCUT2D eigenvalue weighted by molar-refractivity contribution is -0.156. The van der Waals surface area contributed by atoms with E-state index in [0.717, 1.165) is 22.5 Å². The molecule has 2 atom stereocenters.